The number of nitrogens with zero attached hydrogens (tertiary/aromatic N) is 3. The molecule has 1 aromatic carbocycles. The molecule has 0 bridgehead atoms. The van der Waals surface area contributed by atoms with Crippen molar-refractivity contribution in [2.24, 2.45) is 4.99 Å². The minimum absolute atomic E-state index is 0.0407. The topological polar surface area (TPSA) is 121 Å². The van der Waals surface area contributed by atoms with Gasteiger partial charge in [-0.1, -0.05) is 16.8 Å². The first-order chi connectivity index (χ1) is 10.5. The minimum Gasteiger partial charge on any atom is -0.481 e. The lowest BCUT2D eigenvalue weighted by atomic mass is 10.2. The molecule has 22 heavy (non-hydrogen) atoms. The SMILES string of the molecule is O=C(O)CCc1nonc1C(=Nc1ccc(F)c(Cl)c1)NO. The quantitative estimate of drug-likeness (QED) is 0.435. The van der Waals surface area contributed by atoms with Gasteiger partial charge in [0.15, 0.2) is 11.5 Å². The van der Waals surface area contributed by atoms with Crippen molar-refractivity contribution in [3.05, 3.63) is 40.4 Å². The summed E-state index contributed by atoms with van der Waals surface area (Å²) in [6.45, 7) is 0. The first-order valence-electron chi connectivity index (χ1n) is 5.98. The molecule has 0 aliphatic rings. The summed E-state index contributed by atoms with van der Waals surface area (Å²) in [7, 11) is 0. The summed E-state index contributed by atoms with van der Waals surface area (Å²) >= 11 is 5.64. The van der Waals surface area contributed by atoms with Crippen molar-refractivity contribution >= 4 is 29.1 Å². The normalized spacial score (nSPS) is 11.5. The second-order valence-electron chi connectivity index (χ2n) is 4.12. The second-order valence-corrected chi connectivity index (χ2v) is 4.53. The number of halogens is 2. The zero-order chi connectivity index (χ0) is 16.1. The third-order valence-electron chi connectivity index (χ3n) is 2.61. The number of hydrogen-bond donors (Lipinski definition) is 3. The van der Waals surface area contributed by atoms with Crippen LogP contribution in [0.5, 0.6) is 0 Å². The smallest absolute Gasteiger partial charge is 0.303 e. The van der Waals surface area contributed by atoms with Crippen molar-refractivity contribution in [2.75, 3.05) is 0 Å². The van der Waals surface area contributed by atoms with E-state index in [0.29, 0.717) is 0 Å². The molecular formula is C12H10ClFN4O4. The molecule has 2 rings (SSSR count). The number of aliphatic imine (C=N–C) groups is 1. The fourth-order valence-corrected chi connectivity index (χ4v) is 1.77. The van der Waals surface area contributed by atoms with Crippen molar-refractivity contribution in [3.63, 3.8) is 0 Å². The van der Waals surface area contributed by atoms with Gasteiger partial charge in [-0.25, -0.2) is 14.0 Å². The van der Waals surface area contributed by atoms with Gasteiger partial charge in [0.25, 0.3) is 0 Å². The van der Waals surface area contributed by atoms with Gasteiger partial charge in [-0.2, -0.15) is 0 Å². The maximum absolute atomic E-state index is 13.1. The van der Waals surface area contributed by atoms with Crippen LogP contribution in [0.3, 0.4) is 0 Å². The Morgan fingerprint density at radius 2 is 2.23 bits per heavy atom. The highest BCUT2D eigenvalue weighted by atomic mass is 35.5. The molecule has 0 saturated heterocycles. The van der Waals surface area contributed by atoms with E-state index in [-0.39, 0.29) is 40.8 Å². The first kappa shape index (κ1) is 15.9. The Hall–Kier alpha value is -2.52. The minimum atomic E-state index is -1.02. The number of carbonyl (C=O) groups is 1. The Labute approximate surface area is 128 Å². The number of benzene rings is 1. The number of carboxylic acids is 1. The summed E-state index contributed by atoms with van der Waals surface area (Å²) in [6.07, 6.45) is -0.151. The van der Waals surface area contributed by atoms with Gasteiger partial charge >= 0.3 is 5.97 Å². The van der Waals surface area contributed by atoms with Gasteiger partial charge in [0.1, 0.15) is 11.5 Å². The van der Waals surface area contributed by atoms with E-state index in [1.165, 1.54) is 12.1 Å². The lowest BCUT2D eigenvalue weighted by Crippen LogP contribution is -2.22. The third kappa shape index (κ3) is 3.77. The van der Waals surface area contributed by atoms with Crippen LogP contribution in [0.15, 0.2) is 27.8 Å². The zero-order valence-corrected chi connectivity index (χ0v) is 11.7. The lowest BCUT2D eigenvalue weighted by Gasteiger charge is -2.03. The molecule has 2 aromatic rings. The summed E-state index contributed by atoms with van der Waals surface area (Å²) in [5, 5.41) is 24.8. The molecule has 10 heteroatoms. The van der Waals surface area contributed by atoms with Gasteiger partial charge in [-0.05, 0) is 23.4 Å². The van der Waals surface area contributed by atoms with E-state index in [0.717, 1.165) is 6.07 Å². The zero-order valence-electron chi connectivity index (χ0n) is 11.0. The van der Waals surface area contributed by atoms with Gasteiger partial charge in [-0.15, -0.1) is 0 Å². The number of amidine groups is 1. The van der Waals surface area contributed by atoms with Crippen molar-refractivity contribution in [1.29, 1.82) is 0 Å². The van der Waals surface area contributed by atoms with Crippen LogP contribution >= 0.6 is 11.6 Å². The molecule has 0 fully saturated rings. The number of aromatic nitrogens is 2. The molecule has 0 amide bonds. The molecule has 1 heterocycles. The molecular weight excluding hydrogens is 319 g/mol. The maximum Gasteiger partial charge on any atom is 0.303 e. The molecule has 0 spiro atoms. The summed E-state index contributed by atoms with van der Waals surface area (Å²) in [4.78, 5) is 14.6. The van der Waals surface area contributed by atoms with Gasteiger partial charge in [-0.3, -0.25) is 15.5 Å². The maximum atomic E-state index is 13.1. The molecule has 0 radical (unpaired) electrons. The van der Waals surface area contributed by atoms with Crippen LogP contribution in [-0.2, 0) is 11.2 Å². The van der Waals surface area contributed by atoms with Gasteiger partial charge in [0.2, 0.25) is 0 Å². The number of carboxylic acid groups (broad SMARTS) is 1. The van der Waals surface area contributed by atoms with Crippen molar-refractivity contribution in [2.45, 2.75) is 12.8 Å². The van der Waals surface area contributed by atoms with Crippen LogP contribution in [0.1, 0.15) is 17.8 Å². The Balaban J connectivity index is 2.31. The van der Waals surface area contributed by atoms with Crippen LogP contribution in [0, 0.1) is 5.82 Å². The number of aryl methyl sites for hydroxylation is 1. The van der Waals surface area contributed by atoms with E-state index in [1.54, 1.807) is 0 Å². The summed E-state index contributed by atoms with van der Waals surface area (Å²) in [5.41, 5.74) is 2.31. The van der Waals surface area contributed by atoms with Crippen LogP contribution in [0.2, 0.25) is 5.02 Å². The number of aliphatic carboxylic acids is 1. The Morgan fingerprint density at radius 3 is 2.86 bits per heavy atom. The van der Waals surface area contributed by atoms with Gasteiger partial charge in [0.05, 0.1) is 17.1 Å². The van der Waals surface area contributed by atoms with Crippen molar-refractivity contribution in [3.8, 4) is 0 Å². The summed E-state index contributed by atoms with van der Waals surface area (Å²) in [6, 6.07) is 3.70. The molecule has 116 valence electrons. The number of rotatable bonds is 5. The van der Waals surface area contributed by atoms with E-state index in [9.17, 15) is 14.4 Å². The third-order valence-corrected chi connectivity index (χ3v) is 2.90. The average Bonchev–Trinajstić information content (AvgIpc) is 2.94. The number of nitrogens with one attached hydrogen (secondary N) is 1. The fraction of sp³-hybridized carbons (Fsp3) is 0.167. The molecule has 3 N–H and O–H groups in total. The molecule has 0 aliphatic heterocycles. The highest BCUT2D eigenvalue weighted by Gasteiger charge is 2.17. The van der Waals surface area contributed by atoms with E-state index in [1.807, 2.05) is 5.48 Å². The van der Waals surface area contributed by atoms with E-state index in [2.05, 4.69) is 19.9 Å². The number of hydroxylamine groups is 1. The highest BCUT2D eigenvalue weighted by molar-refractivity contribution is 6.31. The van der Waals surface area contributed by atoms with Gasteiger partial charge < -0.3 is 5.11 Å². The summed E-state index contributed by atoms with van der Waals surface area (Å²) in [5.74, 6) is -1.76. The Kier molecular flexibility index (Phi) is 5.02. The highest BCUT2D eigenvalue weighted by Crippen LogP contribution is 2.22. The predicted molar refractivity (Wildman–Crippen MR) is 72.8 cm³/mol. The van der Waals surface area contributed by atoms with Crippen LogP contribution in [-0.4, -0.2) is 32.4 Å². The Morgan fingerprint density at radius 1 is 1.45 bits per heavy atom. The van der Waals surface area contributed by atoms with Crippen LogP contribution in [0.4, 0.5) is 10.1 Å². The fourth-order valence-electron chi connectivity index (χ4n) is 1.59. The largest absolute Gasteiger partial charge is 0.481 e. The average molecular weight is 329 g/mol. The van der Waals surface area contributed by atoms with Crippen molar-refractivity contribution < 1.29 is 24.1 Å². The molecule has 8 nitrogen and oxygen atoms in total. The summed E-state index contributed by atoms with van der Waals surface area (Å²) < 4.78 is 17.6. The van der Waals surface area contributed by atoms with E-state index in [4.69, 9.17) is 16.7 Å². The van der Waals surface area contributed by atoms with E-state index < -0.39 is 11.8 Å². The first-order valence-corrected chi connectivity index (χ1v) is 6.36. The van der Waals surface area contributed by atoms with Gasteiger partial charge in [0, 0.05) is 6.42 Å². The Bertz CT molecular complexity index is 719. The molecule has 0 aliphatic carbocycles. The molecule has 0 atom stereocenters. The van der Waals surface area contributed by atoms with E-state index >= 15 is 0 Å². The van der Waals surface area contributed by atoms with Crippen LogP contribution < -0.4 is 5.48 Å². The van der Waals surface area contributed by atoms with Crippen molar-refractivity contribution in [1.82, 2.24) is 15.8 Å². The molecule has 0 saturated carbocycles. The van der Waals surface area contributed by atoms with Crippen LogP contribution in [0.25, 0.3) is 0 Å². The number of hydrogen-bond acceptors (Lipinski definition) is 6. The monoisotopic (exact) mass is 328 g/mol. The predicted octanol–water partition coefficient (Wildman–Crippen LogP) is 1.94. The standard InChI is InChI=1S/C12H10ClFN4O4/c13-7-5-6(1-2-8(7)14)15-12(16-21)11-9(17-22-18-11)3-4-10(19)20/h1-2,5,21H,3-4H2,(H,15,16)(H,19,20). The molecule has 1 aromatic heterocycles. The lowest BCUT2D eigenvalue weighted by molar-refractivity contribution is -0.136. The molecule has 0 unspecified atom stereocenters. The second kappa shape index (κ2) is 6.96.